The van der Waals surface area contributed by atoms with E-state index in [0.717, 1.165) is 15.9 Å². The Morgan fingerprint density at radius 2 is 1.56 bits per heavy atom. The lowest BCUT2D eigenvalue weighted by atomic mass is 10.0. The van der Waals surface area contributed by atoms with Crippen LogP contribution in [-0.4, -0.2) is 55.3 Å². The molecule has 0 saturated heterocycles. The molecule has 2 amide bonds. The first kappa shape index (κ1) is 38.2. The number of anilines is 1. The number of aryl methyl sites for hydroxylation is 1. The fourth-order valence-corrected chi connectivity index (χ4v) is 6.97. The van der Waals surface area contributed by atoms with Gasteiger partial charge < -0.3 is 15.0 Å². The van der Waals surface area contributed by atoms with E-state index in [1.807, 2.05) is 51.1 Å². The maximum atomic E-state index is 14.7. The SMILES string of the molecule is COc1ccc(Cl)cc1N(CC(=O)N(Cc1ccc(Cl)cc1)[C@H](Cc1ccccc1)C(=O)NC(C)(C)C)S(=O)(=O)c1ccc(C)c([N+](=O)[O-])c1. The zero-order chi connectivity index (χ0) is 36.8. The summed E-state index contributed by atoms with van der Waals surface area (Å²) < 4.78 is 35.2. The number of nitro benzene ring substituents is 1. The molecule has 4 aromatic rings. The number of carbonyl (C=O) groups is 2. The van der Waals surface area contributed by atoms with Gasteiger partial charge in [0, 0.05) is 40.2 Å². The fraction of sp³-hybridized carbons (Fsp3) is 0.278. The van der Waals surface area contributed by atoms with E-state index in [9.17, 15) is 28.1 Å². The minimum Gasteiger partial charge on any atom is -0.495 e. The monoisotopic (exact) mass is 740 g/mol. The molecule has 50 heavy (non-hydrogen) atoms. The molecule has 0 fully saturated rings. The first-order chi connectivity index (χ1) is 23.5. The molecule has 0 radical (unpaired) electrons. The molecule has 4 aromatic carbocycles. The largest absolute Gasteiger partial charge is 0.495 e. The van der Waals surface area contributed by atoms with Crippen LogP contribution in [0.15, 0.2) is 95.9 Å². The summed E-state index contributed by atoms with van der Waals surface area (Å²) in [6.45, 7) is 6.03. The average molecular weight is 742 g/mol. The summed E-state index contributed by atoms with van der Waals surface area (Å²) >= 11 is 12.5. The lowest BCUT2D eigenvalue weighted by Gasteiger charge is -2.35. The van der Waals surface area contributed by atoms with Crippen LogP contribution in [0.1, 0.15) is 37.5 Å². The van der Waals surface area contributed by atoms with E-state index in [1.54, 1.807) is 24.3 Å². The molecule has 14 heteroatoms. The number of benzene rings is 4. The quantitative estimate of drug-likeness (QED) is 0.115. The average Bonchev–Trinajstić information content (AvgIpc) is 3.05. The third-order valence-corrected chi connectivity index (χ3v) is 9.93. The Morgan fingerprint density at radius 1 is 0.920 bits per heavy atom. The second-order valence-corrected chi connectivity index (χ2v) is 15.4. The van der Waals surface area contributed by atoms with Crippen LogP contribution in [-0.2, 0) is 32.6 Å². The molecule has 1 N–H and O–H groups in total. The highest BCUT2D eigenvalue weighted by Crippen LogP contribution is 2.36. The predicted molar refractivity (Wildman–Crippen MR) is 194 cm³/mol. The zero-order valence-corrected chi connectivity index (χ0v) is 30.6. The van der Waals surface area contributed by atoms with Crippen molar-refractivity contribution in [2.45, 2.75) is 57.1 Å². The molecular formula is C36H38Cl2N4O7S. The van der Waals surface area contributed by atoms with E-state index in [4.69, 9.17) is 27.9 Å². The molecule has 0 aliphatic rings. The van der Waals surface area contributed by atoms with Gasteiger partial charge in [0.05, 0.1) is 22.6 Å². The fourth-order valence-electron chi connectivity index (χ4n) is 5.24. The summed E-state index contributed by atoms with van der Waals surface area (Å²) in [7, 11) is -3.36. The first-order valence-corrected chi connectivity index (χ1v) is 17.7. The highest BCUT2D eigenvalue weighted by atomic mass is 35.5. The van der Waals surface area contributed by atoms with Crippen molar-refractivity contribution in [3.63, 3.8) is 0 Å². The van der Waals surface area contributed by atoms with Gasteiger partial charge in [-0.15, -0.1) is 0 Å². The van der Waals surface area contributed by atoms with Crippen molar-refractivity contribution in [1.29, 1.82) is 0 Å². The third kappa shape index (κ3) is 9.52. The van der Waals surface area contributed by atoms with E-state index in [2.05, 4.69) is 5.32 Å². The Hall–Kier alpha value is -4.65. The van der Waals surface area contributed by atoms with Gasteiger partial charge in [0.25, 0.3) is 15.7 Å². The molecule has 0 unspecified atom stereocenters. The normalized spacial score (nSPS) is 12.1. The zero-order valence-electron chi connectivity index (χ0n) is 28.2. The van der Waals surface area contributed by atoms with Gasteiger partial charge in [0.1, 0.15) is 18.3 Å². The Morgan fingerprint density at radius 3 is 2.16 bits per heavy atom. The number of amides is 2. The van der Waals surface area contributed by atoms with Gasteiger partial charge in [0.2, 0.25) is 11.8 Å². The second-order valence-electron chi connectivity index (χ2n) is 12.6. The highest BCUT2D eigenvalue weighted by molar-refractivity contribution is 7.92. The number of ether oxygens (including phenoxy) is 1. The Balaban J connectivity index is 1.90. The van der Waals surface area contributed by atoms with Crippen molar-refractivity contribution < 1.29 is 27.7 Å². The van der Waals surface area contributed by atoms with E-state index < -0.39 is 55.5 Å². The summed E-state index contributed by atoms with van der Waals surface area (Å²) in [6, 6.07) is 22.5. The topological polar surface area (TPSA) is 139 Å². The first-order valence-electron chi connectivity index (χ1n) is 15.5. The lowest BCUT2D eigenvalue weighted by molar-refractivity contribution is -0.385. The highest BCUT2D eigenvalue weighted by Gasteiger charge is 2.37. The summed E-state index contributed by atoms with van der Waals surface area (Å²) in [5.41, 5.74) is 0.490. The predicted octanol–water partition coefficient (Wildman–Crippen LogP) is 6.97. The molecule has 0 aliphatic heterocycles. The number of nitro groups is 1. The van der Waals surface area contributed by atoms with Gasteiger partial charge in [-0.3, -0.25) is 24.0 Å². The number of carbonyl (C=O) groups excluding carboxylic acids is 2. The molecule has 1 atom stereocenters. The van der Waals surface area contributed by atoms with Crippen LogP contribution in [0.5, 0.6) is 5.75 Å². The Labute approximate surface area is 302 Å². The summed E-state index contributed by atoms with van der Waals surface area (Å²) in [6.07, 6.45) is 0.111. The molecule has 11 nitrogen and oxygen atoms in total. The molecular weight excluding hydrogens is 703 g/mol. The molecule has 0 spiro atoms. The van der Waals surface area contributed by atoms with E-state index in [0.29, 0.717) is 10.6 Å². The number of hydrogen-bond acceptors (Lipinski definition) is 7. The number of nitrogens with zero attached hydrogens (tertiary/aromatic N) is 3. The molecule has 0 saturated carbocycles. The van der Waals surface area contributed by atoms with Crippen molar-refractivity contribution in [3.8, 4) is 5.75 Å². The lowest BCUT2D eigenvalue weighted by Crippen LogP contribution is -2.56. The van der Waals surface area contributed by atoms with E-state index in [1.165, 1.54) is 49.3 Å². The number of methoxy groups -OCH3 is 1. The third-order valence-electron chi connectivity index (χ3n) is 7.69. The Kier molecular flexibility index (Phi) is 12.2. The van der Waals surface area contributed by atoms with Crippen molar-refractivity contribution in [3.05, 3.63) is 128 Å². The molecule has 4 rings (SSSR count). The molecule has 0 bridgehead atoms. The van der Waals surface area contributed by atoms with Gasteiger partial charge in [-0.05, 0) is 75.2 Å². The summed E-state index contributed by atoms with van der Waals surface area (Å²) in [4.78, 5) is 40.8. The van der Waals surface area contributed by atoms with Crippen molar-refractivity contribution in [2.75, 3.05) is 18.0 Å². The van der Waals surface area contributed by atoms with Crippen LogP contribution in [0.25, 0.3) is 0 Å². The Bertz CT molecular complexity index is 1970. The van der Waals surface area contributed by atoms with Crippen LogP contribution < -0.4 is 14.4 Å². The van der Waals surface area contributed by atoms with Crippen LogP contribution >= 0.6 is 23.2 Å². The van der Waals surface area contributed by atoms with Gasteiger partial charge in [-0.25, -0.2) is 8.42 Å². The second kappa shape index (κ2) is 15.9. The van der Waals surface area contributed by atoms with Crippen LogP contribution in [0.4, 0.5) is 11.4 Å². The standard InChI is InChI=1S/C36H38Cl2N4O7S/c1-24-11-17-29(21-30(24)42(45)46)50(47,48)41(31-20-28(38)16-18-33(31)49-5)23-34(43)40(22-26-12-14-27(37)15-13-26)32(35(44)39-36(2,3)4)19-25-9-7-6-8-10-25/h6-18,20-21,32H,19,22-23H2,1-5H3,(H,39,44)/t32-/m1/s1. The number of nitrogens with one attached hydrogen (secondary N) is 1. The van der Waals surface area contributed by atoms with Crippen LogP contribution in [0, 0.1) is 17.0 Å². The van der Waals surface area contributed by atoms with Gasteiger partial charge >= 0.3 is 0 Å². The minimum absolute atomic E-state index is 0.0722. The van der Waals surface area contributed by atoms with E-state index >= 15 is 0 Å². The number of sulfonamides is 1. The maximum absolute atomic E-state index is 14.7. The van der Waals surface area contributed by atoms with Crippen LogP contribution in [0.2, 0.25) is 10.0 Å². The van der Waals surface area contributed by atoms with Crippen molar-refractivity contribution in [1.82, 2.24) is 10.2 Å². The number of rotatable bonds is 13. The molecule has 0 aromatic heterocycles. The van der Waals surface area contributed by atoms with Crippen molar-refractivity contribution in [2.24, 2.45) is 0 Å². The van der Waals surface area contributed by atoms with Crippen LogP contribution in [0.3, 0.4) is 0 Å². The van der Waals surface area contributed by atoms with Gasteiger partial charge in [-0.2, -0.15) is 0 Å². The minimum atomic E-state index is -4.69. The molecule has 0 aliphatic carbocycles. The summed E-state index contributed by atoms with van der Waals surface area (Å²) in [5, 5.41) is 15.4. The van der Waals surface area contributed by atoms with Crippen molar-refractivity contribution >= 4 is 56.4 Å². The maximum Gasteiger partial charge on any atom is 0.273 e. The molecule has 264 valence electrons. The smallest absolute Gasteiger partial charge is 0.273 e. The number of halogens is 2. The number of hydrogen-bond donors (Lipinski definition) is 1. The van der Waals surface area contributed by atoms with Gasteiger partial charge in [-0.1, -0.05) is 71.7 Å². The van der Waals surface area contributed by atoms with E-state index in [-0.39, 0.29) is 35.0 Å². The summed E-state index contributed by atoms with van der Waals surface area (Å²) in [5.74, 6) is -1.12. The van der Waals surface area contributed by atoms with Gasteiger partial charge in [0.15, 0.2) is 0 Å². The molecule has 0 heterocycles.